The van der Waals surface area contributed by atoms with Crippen molar-refractivity contribution in [2.45, 2.75) is 17.7 Å². The Morgan fingerprint density at radius 1 is 1.40 bits per heavy atom. The molecule has 0 aliphatic heterocycles. The number of nitrogens with two attached hydrogens (primary N) is 1. The van der Waals surface area contributed by atoms with Crippen molar-refractivity contribution in [2.75, 3.05) is 12.8 Å². The van der Waals surface area contributed by atoms with Crippen LogP contribution in [0.4, 0.5) is 0 Å². The first-order chi connectivity index (χ1) is 6.96. The van der Waals surface area contributed by atoms with Crippen molar-refractivity contribution >= 4 is 25.8 Å². The molecule has 0 radical (unpaired) electrons. The molecule has 0 atom stereocenters. The van der Waals surface area contributed by atoms with Gasteiger partial charge in [-0.05, 0) is 37.1 Å². The summed E-state index contributed by atoms with van der Waals surface area (Å²) >= 11 is 3.36. The summed E-state index contributed by atoms with van der Waals surface area (Å²) in [6, 6.07) is 5.21. The number of benzene rings is 1. The van der Waals surface area contributed by atoms with Gasteiger partial charge in [0, 0.05) is 10.7 Å². The summed E-state index contributed by atoms with van der Waals surface area (Å²) in [5.74, 6) is 0. The molecule has 0 spiro atoms. The average molecular weight is 292 g/mol. The van der Waals surface area contributed by atoms with E-state index in [9.17, 15) is 8.42 Å². The largest absolute Gasteiger partial charge is 0.330 e. The fourth-order valence-electron chi connectivity index (χ4n) is 1.41. The molecule has 0 amide bonds. The third kappa shape index (κ3) is 3.29. The highest BCUT2D eigenvalue weighted by atomic mass is 79.9. The Morgan fingerprint density at radius 2 is 2.07 bits per heavy atom. The van der Waals surface area contributed by atoms with Crippen LogP contribution in [-0.2, 0) is 16.3 Å². The van der Waals surface area contributed by atoms with E-state index in [1.54, 1.807) is 12.1 Å². The van der Waals surface area contributed by atoms with Crippen LogP contribution in [0.5, 0.6) is 0 Å². The maximum absolute atomic E-state index is 11.5. The van der Waals surface area contributed by atoms with Gasteiger partial charge in [-0.3, -0.25) is 0 Å². The number of hydrogen-bond donors (Lipinski definition) is 1. The molecule has 1 aromatic rings. The molecule has 3 nitrogen and oxygen atoms in total. The van der Waals surface area contributed by atoms with E-state index in [0.29, 0.717) is 17.9 Å². The van der Waals surface area contributed by atoms with E-state index >= 15 is 0 Å². The molecule has 0 bridgehead atoms. The lowest BCUT2D eigenvalue weighted by atomic mass is 10.1. The van der Waals surface area contributed by atoms with Gasteiger partial charge in [0.2, 0.25) is 0 Å². The molecule has 5 heteroatoms. The van der Waals surface area contributed by atoms with Crippen molar-refractivity contribution in [1.29, 1.82) is 0 Å². The van der Waals surface area contributed by atoms with Crippen LogP contribution < -0.4 is 5.73 Å². The SMILES string of the molecule is CS(=O)(=O)c1cccc(Br)c1CCCN. The minimum atomic E-state index is -3.16. The number of hydrogen-bond acceptors (Lipinski definition) is 3. The summed E-state index contributed by atoms with van der Waals surface area (Å²) in [7, 11) is -3.16. The van der Waals surface area contributed by atoms with E-state index in [1.807, 2.05) is 6.07 Å². The molecule has 0 saturated heterocycles. The van der Waals surface area contributed by atoms with Crippen molar-refractivity contribution in [3.8, 4) is 0 Å². The Hall–Kier alpha value is -0.390. The fourth-order valence-corrected chi connectivity index (χ4v) is 3.09. The predicted molar refractivity (Wildman–Crippen MR) is 64.6 cm³/mol. The molecule has 0 unspecified atom stereocenters. The minimum absolute atomic E-state index is 0.394. The summed E-state index contributed by atoms with van der Waals surface area (Å²) in [6.07, 6.45) is 2.69. The highest BCUT2D eigenvalue weighted by Gasteiger charge is 2.14. The standard InChI is InChI=1S/C10H14BrNO2S/c1-15(13,14)10-6-2-5-9(11)8(10)4-3-7-12/h2,5-6H,3-4,7,12H2,1H3. The van der Waals surface area contributed by atoms with E-state index in [0.717, 1.165) is 16.5 Å². The first-order valence-electron chi connectivity index (χ1n) is 4.64. The second kappa shape index (κ2) is 5.09. The van der Waals surface area contributed by atoms with Crippen LogP contribution in [-0.4, -0.2) is 21.2 Å². The molecule has 0 heterocycles. The summed E-state index contributed by atoms with van der Waals surface area (Å²) in [4.78, 5) is 0.394. The molecule has 0 saturated carbocycles. The van der Waals surface area contributed by atoms with Crippen LogP contribution in [0.2, 0.25) is 0 Å². The average Bonchev–Trinajstić information content (AvgIpc) is 2.14. The zero-order chi connectivity index (χ0) is 11.5. The molecule has 0 fully saturated rings. The van der Waals surface area contributed by atoms with Gasteiger partial charge in [0.25, 0.3) is 0 Å². The lowest BCUT2D eigenvalue weighted by Gasteiger charge is -2.09. The van der Waals surface area contributed by atoms with E-state index in [4.69, 9.17) is 5.73 Å². The molecule has 1 rings (SSSR count). The quantitative estimate of drug-likeness (QED) is 0.919. The van der Waals surface area contributed by atoms with Crippen LogP contribution in [0.3, 0.4) is 0 Å². The Bertz CT molecular complexity index is 443. The lowest BCUT2D eigenvalue weighted by Crippen LogP contribution is -2.06. The lowest BCUT2D eigenvalue weighted by molar-refractivity contribution is 0.600. The van der Waals surface area contributed by atoms with E-state index in [-0.39, 0.29) is 0 Å². The molecule has 0 aromatic heterocycles. The molecule has 0 aliphatic rings. The van der Waals surface area contributed by atoms with Gasteiger partial charge in [0.1, 0.15) is 0 Å². The van der Waals surface area contributed by atoms with E-state index in [1.165, 1.54) is 6.26 Å². The van der Waals surface area contributed by atoms with Crippen molar-refractivity contribution in [3.63, 3.8) is 0 Å². The molecule has 84 valence electrons. The monoisotopic (exact) mass is 291 g/mol. The second-order valence-corrected chi connectivity index (χ2v) is 6.22. The van der Waals surface area contributed by atoms with Crippen LogP contribution in [0.25, 0.3) is 0 Å². The van der Waals surface area contributed by atoms with Crippen LogP contribution in [0, 0.1) is 0 Å². The molecule has 0 aliphatic carbocycles. The van der Waals surface area contributed by atoms with Crippen LogP contribution in [0.15, 0.2) is 27.6 Å². The van der Waals surface area contributed by atoms with Crippen molar-refractivity contribution in [2.24, 2.45) is 5.73 Å². The first-order valence-corrected chi connectivity index (χ1v) is 7.32. The molecule has 2 N–H and O–H groups in total. The van der Waals surface area contributed by atoms with Crippen molar-refractivity contribution < 1.29 is 8.42 Å². The maximum atomic E-state index is 11.5. The summed E-state index contributed by atoms with van der Waals surface area (Å²) in [6.45, 7) is 0.560. The minimum Gasteiger partial charge on any atom is -0.330 e. The van der Waals surface area contributed by atoms with Gasteiger partial charge in [-0.25, -0.2) is 8.42 Å². The third-order valence-electron chi connectivity index (χ3n) is 2.11. The summed E-state index contributed by atoms with van der Waals surface area (Å²) < 4.78 is 23.9. The number of halogens is 1. The van der Waals surface area contributed by atoms with Gasteiger partial charge >= 0.3 is 0 Å². The topological polar surface area (TPSA) is 60.2 Å². The van der Waals surface area contributed by atoms with Gasteiger partial charge in [0.05, 0.1) is 4.90 Å². The van der Waals surface area contributed by atoms with Gasteiger partial charge < -0.3 is 5.73 Å². The fraction of sp³-hybridized carbons (Fsp3) is 0.400. The summed E-state index contributed by atoms with van der Waals surface area (Å²) in [5, 5.41) is 0. The Kier molecular flexibility index (Phi) is 4.31. The van der Waals surface area contributed by atoms with Crippen molar-refractivity contribution in [3.05, 3.63) is 28.2 Å². The van der Waals surface area contributed by atoms with Gasteiger partial charge in [-0.2, -0.15) is 0 Å². The highest BCUT2D eigenvalue weighted by molar-refractivity contribution is 9.10. The summed E-state index contributed by atoms with van der Waals surface area (Å²) in [5.41, 5.74) is 6.25. The number of sulfone groups is 1. The van der Waals surface area contributed by atoms with Crippen molar-refractivity contribution in [1.82, 2.24) is 0 Å². The molecular weight excluding hydrogens is 278 g/mol. The normalized spacial score (nSPS) is 11.7. The number of rotatable bonds is 4. The first kappa shape index (κ1) is 12.7. The highest BCUT2D eigenvalue weighted by Crippen LogP contribution is 2.25. The van der Waals surface area contributed by atoms with Gasteiger partial charge in [-0.15, -0.1) is 0 Å². The third-order valence-corrected chi connectivity index (χ3v) is 4.03. The Labute approximate surface area is 98.7 Å². The van der Waals surface area contributed by atoms with Crippen LogP contribution in [0.1, 0.15) is 12.0 Å². The zero-order valence-electron chi connectivity index (χ0n) is 8.53. The smallest absolute Gasteiger partial charge is 0.175 e. The Morgan fingerprint density at radius 3 is 2.60 bits per heavy atom. The molecular formula is C10H14BrNO2S. The van der Waals surface area contributed by atoms with Gasteiger partial charge in [-0.1, -0.05) is 22.0 Å². The molecule has 15 heavy (non-hydrogen) atoms. The van der Waals surface area contributed by atoms with Crippen LogP contribution >= 0.6 is 15.9 Å². The van der Waals surface area contributed by atoms with E-state index < -0.39 is 9.84 Å². The second-order valence-electron chi connectivity index (χ2n) is 3.38. The predicted octanol–water partition coefficient (Wildman–Crippen LogP) is 1.74. The Balaban J connectivity index is 3.21. The van der Waals surface area contributed by atoms with Gasteiger partial charge in [0.15, 0.2) is 9.84 Å². The molecule has 1 aromatic carbocycles. The van der Waals surface area contributed by atoms with E-state index in [2.05, 4.69) is 15.9 Å². The maximum Gasteiger partial charge on any atom is 0.175 e. The zero-order valence-corrected chi connectivity index (χ0v) is 10.9.